The number of ether oxygens (including phenoxy) is 2. The SMILES string of the molecule is O=C(O)[C@H]1CN(C(=O)c2cccc(OC3CCCC3)c2)CCO1. The van der Waals surface area contributed by atoms with Crippen molar-refractivity contribution in [1.82, 2.24) is 4.90 Å². The molecule has 0 bridgehead atoms. The van der Waals surface area contributed by atoms with E-state index in [0.29, 0.717) is 17.9 Å². The van der Waals surface area contributed by atoms with Gasteiger partial charge in [0.15, 0.2) is 6.10 Å². The van der Waals surface area contributed by atoms with Gasteiger partial charge in [-0.05, 0) is 43.9 Å². The van der Waals surface area contributed by atoms with Gasteiger partial charge in [0.2, 0.25) is 0 Å². The molecule has 0 radical (unpaired) electrons. The number of benzene rings is 1. The first-order valence-electron chi connectivity index (χ1n) is 8.04. The number of hydrogen-bond donors (Lipinski definition) is 1. The molecular weight excluding hydrogens is 298 g/mol. The summed E-state index contributed by atoms with van der Waals surface area (Å²) >= 11 is 0. The Balaban J connectivity index is 1.67. The van der Waals surface area contributed by atoms with Crippen molar-refractivity contribution in [3.8, 4) is 5.75 Å². The quantitative estimate of drug-likeness (QED) is 0.918. The first-order valence-corrected chi connectivity index (χ1v) is 8.04. The minimum Gasteiger partial charge on any atom is -0.490 e. The molecule has 1 aromatic rings. The third-order valence-corrected chi connectivity index (χ3v) is 4.32. The van der Waals surface area contributed by atoms with E-state index in [9.17, 15) is 9.59 Å². The summed E-state index contributed by atoms with van der Waals surface area (Å²) in [6.07, 6.45) is 3.77. The molecule has 3 rings (SSSR count). The average Bonchev–Trinajstić information content (AvgIpc) is 3.07. The van der Waals surface area contributed by atoms with Gasteiger partial charge >= 0.3 is 5.97 Å². The molecule has 1 saturated carbocycles. The highest BCUT2D eigenvalue weighted by Crippen LogP contribution is 2.25. The van der Waals surface area contributed by atoms with Gasteiger partial charge in [-0.2, -0.15) is 0 Å². The van der Waals surface area contributed by atoms with Gasteiger partial charge in [-0.3, -0.25) is 4.79 Å². The standard InChI is InChI=1S/C17H21NO5/c19-16(18-8-9-22-15(11-18)17(20)21)12-4-3-7-14(10-12)23-13-5-1-2-6-13/h3-4,7,10,13,15H,1-2,5-6,8-9,11H2,(H,20,21)/t15-/m1/s1. The molecule has 0 aromatic heterocycles. The Bertz CT molecular complexity index is 582. The molecule has 1 atom stereocenters. The zero-order valence-electron chi connectivity index (χ0n) is 12.9. The smallest absolute Gasteiger partial charge is 0.334 e. The number of nitrogens with zero attached hydrogens (tertiary/aromatic N) is 1. The minimum absolute atomic E-state index is 0.0713. The topological polar surface area (TPSA) is 76.1 Å². The Morgan fingerprint density at radius 2 is 2.04 bits per heavy atom. The second-order valence-corrected chi connectivity index (χ2v) is 6.00. The third-order valence-electron chi connectivity index (χ3n) is 4.32. The molecule has 1 N–H and O–H groups in total. The zero-order chi connectivity index (χ0) is 16.2. The summed E-state index contributed by atoms with van der Waals surface area (Å²) in [5.74, 6) is -0.525. The molecule has 2 fully saturated rings. The Morgan fingerprint density at radius 3 is 2.78 bits per heavy atom. The van der Waals surface area contributed by atoms with Crippen LogP contribution in [0.5, 0.6) is 5.75 Å². The summed E-state index contributed by atoms with van der Waals surface area (Å²) < 4.78 is 11.1. The van der Waals surface area contributed by atoms with E-state index < -0.39 is 12.1 Å². The van der Waals surface area contributed by atoms with Crippen molar-refractivity contribution in [2.75, 3.05) is 19.7 Å². The fourth-order valence-electron chi connectivity index (χ4n) is 3.07. The average molecular weight is 319 g/mol. The van der Waals surface area contributed by atoms with Crippen LogP contribution < -0.4 is 4.74 Å². The molecule has 1 amide bonds. The van der Waals surface area contributed by atoms with Crippen molar-refractivity contribution in [1.29, 1.82) is 0 Å². The van der Waals surface area contributed by atoms with Crippen LogP contribution in [0.25, 0.3) is 0 Å². The molecule has 124 valence electrons. The van der Waals surface area contributed by atoms with Crippen LogP contribution in [0, 0.1) is 0 Å². The van der Waals surface area contributed by atoms with Crippen molar-refractivity contribution < 1.29 is 24.2 Å². The third kappa shape index (κ3) is 3.82. The maximum Gasteiger partial charge on any atom is 0.334 e. The Kier molecular flexibility index (Phi) is 4.81. The Hall–Kier alpha value is -2.08. The lowest BCUT2D eigenvalue weighted by Gasteiger charge is -2.31. The monoisotopic (exact) mass is 319 g/mol. The molecule has 1 aliphatic carbocycles. The van der Waals surface area contributed by atoms with Gasteiger partial charge < -0.3 is 19.5 Å². The Morgan fingerprint density at radius 1 is 1.26 bits per heavy atom. The fraction of sp³-hybridized carbons (Fsp3) is 0.529. The highest BCUT2D eigenvalue weighted by atomic mass is 16.5. The lowest BCUT2D eigenvalue weighted by Crippen LogP contribution is -2.48. The summed E-state index contributed by atoms with van der Waals surface area (Å²) in [6.45, 7) is 0.708. The van der Waals surface area contributed by atoms with Gasteiger partial charge in [0.1, 0.15) is 5.75 Å². The largest absolute Gasteiger partial charge is 0.490 e. The van der Waals surface area contributed by atoms with Gasteiger partial charge in [-0.25, -0.2) is 4.79 Å². The number of carboxylic acid groups (broad SMARTS) is 1. The first-order chi connectivity index (χ1) is 11.1. The lowest BCUT2D eigenvalue weighted by atomic mass is 10.1. The van der Waals surface area contributed by atoms with E-state index in [-0.39, 0.29) is 25.2 Å². The van der Waals surface area contributed by atoms with Gasteiger partial charge in [-0.1, -0.05) is 6.07 Å². The van der Waals surface area contributed by atoms with Gasteiger partial charge in [0, 0.05) is 12.1 Å². The molecule has 23 heavy (non-hydrogen) atoms. The summed E-state index contributed by atoms with van der Waals surface area (Å²) in [4.78, 5) is 25.1. The molecular formula is C17H21NO5. The molecule has 1 aromatic carbocycles. The molecule has 6 nitrogen and oxygen atoms in total. The van der Waals surface area contributed by atoms with Crippen molar-refractivity contribution >= 4 is 11.9 Å². The van der Waals surface area contributed by atoms with E-state index in [1.165, 1.54) is 17.7 Å². The summed E-state index contributed by atoms with van der Waals surface area (Å²) in [5, 5.41) is 9.03. The molecule has 0 spiro atoms. The van der Waals surface area contributed by atoms with Crippen LogP contribution >= 0.6 is 0 Å². The van der Waals surface area contributed by atoms with Crippen molar-refractivity contribution in [2.45, 2.75) is 37.9 Å². The number of aliphatic carboxylic acids is 1. The van der Waals surface area contributed by atoms with E-state index in [4.69, 9.17) is 14.6 Å². The van der Waals surface area contributed by atoms with Crippen LogP contribution in [0.2, 0.25) is 0 Å². The van der Waals surface area contributed by atoms with Crippen molar-refractivity contribution in [3.05, 3.63) is 29.8 Å². The van der Waals surface area contributed by atoms with E-state index in [0.717, 1.165) is 12.8 Å². The summed E-state index contributed by atoms with van der Waals surface area (Å²) in [6, 6.07) is 7.13. The molecule has 1 aliphatic heterocycles. The maximum absolute atomic E-state index is 12.6. The highest BCUT2D eigenvalue weighted by molar-refractivity contribution is 5.95. The van der Waals surface area contributed by atoms with Crippen molar-refractivity contribution in [3.63, 3.8) is 0 Å². The molecule has 0 unspecified atom stereocenters. The number of carbonyl (C=O) groups excluding carboxylic acids is 1. The first kappa shape index (κ1) is 15.8. The number of carbonyl (C=O) groups is 2. The minimum atomic E-state index is -1.04. The predicted octanol–water partition coefficient (Wildman–Crippen LogP) is 1.93. The number of rotatable bonds is 4. The van der Waals surface area contributed by atoms with Crippen molar-refractivity contribution in [2.24, 2.45) is 0 Å². The molecule has 1 saturated heterocycles. The molecule has 6 heteroatoms. The van der Waals surface area contributed by atoms with Crippen LogP contribution in [0.3, 0.4) is 0 Å². The Labute approximate surface area is 135 Å². The van der Waals surface area contributed by atoms with E-state index >= 15 is 0 Å². The van der Waals surface area contributed by atoms with Gasteiger partial charge in [-0.15, -0.1) is 0 Å². The predicted molar refractivity (Wildman–Crippen MR) is 82.6 cm³/mol. The summed E-state index contributed by atoms with van der Waals surface area (Å²) in [7, 11) is 0. The number of amides is 1. The second kappa shape index (κ2) is 7.00. The van der Waals surface area contributed by atoms with Crippen LogP contribution in [0.1, 0.15) is 36.0 Å². The fourth-order valence-corrected chi connectivity index (χ4v) is 3.07. The van der Waals surface area contributed by atoms with Crippen LogP contribution in [-0.4, -0.2) is 53.8 Å². The second-order valence-electron chi connectivity index (χ2n) is 6.00. The van der Waals surface area contributed by atoms with Crippen LogP contribution in [0.15, 0.2) is 24.3 Å². The molecule has 1 heterocycles. The van der Waals surface area contributed by atoms with E-state index in [2.05, 4.69) is 0 Å². The lowest BCUT2D eigenvalue weighted by molar-refractivity contribution is -0.154. The van der Waals surface area contributed by atoms with Gasteiger partial charge in [0.25, 0.3) is 5.91 Å². The highest BCUT2D eigenvalue weighted by Gasteiger charge is 2.29. The van der Waals surface area contributed by atoms with Crippen LogP contribution in [0.4, 0.5) is 0 Å². The van der Waals surface area contributed by atoms with Crippen LogP contribution in [-0.2, 0) is 9.53 Å². The summed E-state index contributed by atoms with van der Waals surface area (Å²) in [5.41, 5.74) is 0.520. The number of hydrogen-bond acceptors (Lipinski definition) is 4. The van der Waals surface area contributed by atoms with E-state index in [1.807, 2.05) is 6.07 Å². The molecule has 2 aliphatic rings. The number of morpholine rings is 1. The zero-order valence-corrected chi connectivity index (χ0v) is 12.9. The van der Waals surface area contributed by atoms with E-state index in [1.54, 1.807) is 18.2 Å². The number of carboxylic acids is 1. The van der Waals surface area contributed by atoms with Gasteiger partial charge in [0.05, 0.1) is 19.3 Å². The maximum atomic E-state index is 12.6. The normalized spacial score (nSPS) is 22.1.